The lowest BCUT2D eigenvalue weighted by Crippen LogP contribution is -2.30. The quantitative estimate of drug-likeness (QED) is 0.940. The number of anilines is 2. The summed E-state index contributed by atoms with van der Waals surface area (Å²) in [6.07, 6.45) is 7.63. The van der Waals surface area contributed by atoms with E-state index in [9.17, 15) is 0 Å². The van der Waals surface area contributed by atoms with E-state index >= 15 is 0 Å². The van der Waals surface area contributed by atoms with Crippen LogP contribution in [0, 0.1) is 13.8 Å². The highest BCUT2D eigenvalue weighted by atomic mass is 15.2. The fourth-order valence-corrected chi connectivity index (χ4v) is 2.72. The van der Waals surface area contributed by atoms with E-state index in [4.69, 9.17) is 0 Å². The summed E-state index contributed by atoms with van der Waals surface area (Å²) in [6.45, 7) is 6.89. The number of rotatable bonds is 4. The molecular formula is C17H23N5. The average Bonchev–Trinajstić information content (AvgIpc) is 2.57. The van der Waals surface area contributed by atoms with Crippen molar-refractivity contribution in [1.82, 2.24) is 15.0 Å². The van der Waals surface area contributed by atoms with E-state index in [0.29, 0.717) is 6.54 Å². The maximum atomic E-state index is 4.60. The van der Waals surface area contributed by atoms with Gasteiger partial charge in [-0.1, -0.05) is 6.07 Å². The lowest BCUT2D eigenvalue weighted by Gasteiger charge is -2.27. The Morgan fingerprint density at radius 1 is 1.05 bits per heavy atom. The Kier molecular flexibility index (Phi) is 4.51. The smallest absolute Gasteiger partial charge is 0.148 e. The molecule has 1 N–H and O–H groups in total. The fourth-order valence-electron chi connectivity index (χ4n) is 2.72. The number of aryl methyl sites for hydroxylation is 2. The number of nitrogens with one attached hydrogen (secondary N) is 1. The zero-order chi connectivity index (χ0) is 15.4. The third kappa shape index (κ3) is 3.53. The molecule has 0 spiro atoms. The minimum atomic E-state index is 0.715. The van der Waals surface area contributed by atoms with Crippen molar-refractivity contribution in [2.45, 2.75) is 39.7 Å². The van der Waals surface area contributed by atoms with E-state index in [0.717, 1.165) is 41.7 Å². The highest BCUT2D eigenvalue weighted by Gasteiger charge is 2.11. The van der Waals surface area contributed by atoms with Crippen LogP contribution in [0.15, 0.2) is 24.5 Å². The average molecular weight is 297 g/mol. The number of aromatic nitrogens is 3. The van der Waals surface area contributed by atoms with Gasteiger partial charge in [-0.3, -0.25) is 4.98 Å². The summed E-state index contributed by atoms with van der Waals surface area (Å²) < 4.78 is 0. The van der Waals surface area contributed by atoms with Crippen molar-refractivity contribution in [3.8, 4) is 0 Å². The van der Waals surface area contributed by atoms with Crippen LogP contribution in [0.3, 0.4) is 0 Å². The zero-order valence-corrected chi connectivity index (χ0v) is 13.3. The van der Waals surface area contributed by atoms with Gasteiger partial charge in [0.15, 0.2) is 0 Å². The first-order valence-corrected chi connectivity index (χ1v) is 7.96. The Morgan fingerprint density at radius 2 is 1.86 bits per heavy atom. The predicted octanol–water partition coefficient (Wildman–Crippen LogP) is 3.09. The fraction of sp³-hybridized carbons (Fsp3) is 0.471. The van der Waals surface area contributed by atoms with Crippen LogP contribution >= 0.6 is 0 Å². The van der Waals surface area contributed by atoms with Gasteiger partial charge < -0.3 is 10.2 Å². The van der Waals surface area contributed by atoms with Gasteiger partial charge in [-0.2, -0.15) is 0 Å². The first-order valence-electron chi connectivity index (χ1n) is 7.96. The molecule has 2 aromatic heterocycles. The van der Waals surface area contributed by atoms with Gasteiger partial charge >= 0.3 is 0 Å². The van der Waals surface area contributed by atoms with Gasteiger partial charge in [-0.25, -0.2) is 9.97 Å². The highest BCUT2D eigenvalue weighted by Crippen LogP contribution is 2.18. The molecule has 0 atom stereocenters. The van der Waals surface area contributed by atoms with Crippen molar-refractivity contribution in [2.75, 3.05) is 23.3 Å². The Hall–Kier alpha value is -2.17. The van der Waals surface area contributed by atoms with Gasteiger partial charge in [0.1, 0.15) is 11.6 Å². The minimum absolute atomic E-state index is 0.715. The SMILES string of the molecule is Cc1cnc(C)c(NCc2ccc(N3CCCCC3)nc2)n1. The molecule has 5 nitrogen and oxygen atoms in total. The second kappa shape index (κ2) is 6.73. The molecule has 0 amide bonds. The first-order chi connectivity index (χ1) is 10.7. The maximum Gasteiger partial charge on any atom is 0.148 e. The highest BCUT2D eigenvalue weighted by molar-refractivity contribution is 5.42. The third-order valence-corrected chi connectivity index (χ3v) is 4.03. The molecule has 0 bridgehead atoms. The first kappa shape index (κ1) is 14.8. The summed E-state index contributed by atoms with van der Waals surface area (Å²) in [7, 11) is 0. The molecular weight excluding hydrogens is 274 g/mol. The van der Waals surface area contributed by atoms with Crippen molar-refractivity contribution in [3.63, 3.8) is 0 Å². The topological polar surface area (TPSA) is 53.9 Å². The van der Waals surface area contributed by atoms with Gasteiger partial charge in [-0.15, -0.1) is 0 Å². The number of hydrogen-bond donors (Lipinski definition) is 1. The summed E-state index contributed by atoms with van der Waals surface area (Å²) in [4.78, 5) is 15.8. The number of piperidine rings is 1. The number of hydrogen-bond acceptors (Lipinski definition) is 5. The molecule has 22 heavy (non-hydrogen) atoms. The van der Waals surface area contributed by atoms with E-state index in [2.05, 4.69) is 37.3 Å². The summed E-state index contributed by atoms with van der Waals surface area (Å²) in [5.74, 6) is 1.94. The molecule has 0 aromatic carbocycles. The maximum absolute atomic E-state index is 4.60. The van der Waals surface area contributed by atoms with Crippen LogP contribution in [-0.2, 0) is 6.54 Å². The van der Waals surface area contributed by atoms with Crippen LogP contribution in [0.5, 0.6) is 0 Å². The van der Waals surface area contributed by atoms with Gasteiger partial charge in [0.2, 0.25) is 0 Å². The second-order valence-corrected chi connectivity index (χ2v) is 5.87. The molecule has 1 saturated heterocycles. The predicted molar refractivity (Wildman–Crippen MR) is 89.1 cm³/mol. The van der Waals surface area contributed by atoms with Crippen LogP contribution in [0.25, 0.3) is 0 Å². The molecule has 1 aliphatic heterocycles. The lowest BCUT2D eigenvalue weighted by atomic mass is 10.1. The van der Waals surface area contributed by atoms with E-state index in [1.807, 2.05) is 20.0 Å². The minimum Gasteiger partial charge on any atom is -0.364 e. The molecule has 1 fully saturated rings. The molecule has 0 radical (unpaired) electrons. The largest absolute Gasteiger partial charge is 0.364 e. The number of pyridine rings is 1. The molecule has 3 rings (SSSR count). The summed E-state index contributed by atoms with van der Waals surface area (Å²) in [5, 5.41) is 3.34. The van der Waals surface area contributed by atoms with Crippen LogP contribution in [0.2, 0.25) is 0 Å². The van der Waals surface area contributed by atoms with Crippen LogP contribution in [0.4, 0.5) is 11.6 Å². The van der Waals surface area contributed by atoms with Gasteiger partial charge in [-0.05, 0) is 44.7 Å². The van der Waals surface area contributed by atoms with Crippen molar-refractivity contribution < 1.29 is 0 Å². The van der Waals surface area contributed by atoms with Crippen molar-refractivity contribution in [3.05, 3.63) is 41.5 Å². The van der Waals surface area contributed by atoms with E-state index in [1.165, 1.54) is 19.3 Å². The second-order valence-electron chi connectivity index (χ2n) is 5.87. The zero-order valence-electron chi connectivity index (χ0n) is 13.3. The van der Waals surface area contributed by atoms with E-state index in [1.54, 1.807) is 6.20 Å². The molecule has 0 aliphatic carbocycles. The summed E-state index contributed by atoms with van der Waals surface area (Å²) in [5.41, 5.74) is 3.00. The van der Waals surface area contributed by atoms with Gasteiger partial charge in [0.25, 0.3) is 0 Å². The molecule has 0 saturated carbocycles. The molecule has 116 valence electrons. The normalized spacial score (nSPS) is 14.9. The van der Waals surface area contributed by atoms with E-state index in [-0.39, 0.29) is 0 Å². The molecule has 1 aliphatic rings. The van der Waals surface area contributed by atoms with Gasteiger partial charge in [0.05, 0.1) is 11.4 Å². The summed E-state index contributed by atoms with van der Waals surface area (Å²) >= 11 is 0. The Bertz CT molecular complexity index is 617. The molecule has 5 heteroatoms. The van der Waals surface area contributed by atoms with Crippen molar-refractivity contribution in [2.24, 2.45) is 0 Å². The van der Waals surface area contributed by atoms with Gasteiger partial charge in [0, 0.05) is 32.0 Å². The van der Waals surface area contributed by atoms with Crippen LogP contribution in [-0.4, -0.2) is 28.0 Å². The van der Waals surface area contributed by atoms with Crippen LogP contribution in [0.1, 0.15) is 36.2 Å². The Morgan fingerprint density at radius 3 is 2.59 bits per heavy atom. The standard InChI is InChI=1S/C17H23N5/c1-13-10-18-14(2)17(21-13)20-12-15-6-7-16(19-11-15)22-8-4-3-5-9-22/h6-7,10-11H,3-5,8-9,12H2,1-2H3,(H,20,21). The molecule has 0 unspecified atom stereocenters. The lowest BCUT2D eigenvalue weighted by molar-refractivity contribution is 0.573. The Balaban J connectivity index is 1.62. The third-order valence-electron chi connectivity index (χ3n) is 4.03. The van der Waals surface area contributed by atoms with E-state index < -0.39 is 0 Å². The van der Waals surface area contributed by atoms with Crippen molar-refractivity contribution in [1.29, 1.82) is 0 Å². The summed E-state index contributed by atoms with van der Waals surface area (Å²) in [6, 6.07) is 4.26. The molecule has 3 heterocycles. The molecule has 2 aromatic rings. The van der Waals surface area contributed by atoms with Crippen molar-refractivity contribution >= 4 is 11.6 Å². The Labute approximate surface area is 131 Å². The number of nitrogens with zero attached hydrogens (tertiary/aromatic N) is 4. The van der Waals surface area contributed by atoms with Crippen LogP contribution < -0.4 is 10.2 Å². The monoisotopic (exact) mass is 297 g/mol.